The van der Waals surface area contributed by atoms with Gasteiger partial charge in [-0.3, -0.25) is 0 Å². The van der Waals surface area contributed by atoms with Gasteiger partial charge >= 0.3 is 0 Å². The minimum Gasteiger partial charge on any atom is -0.498 e. The van der Waals surface area contributed by atoms with Gasteiger partial charge in [-0.15, -0.1) is 64.9 Å². The van der Waals surface area contributed by atoms with Crippen LogP contribution in [0.15, 0.2) is 95.7 Å². The number of nitrogens with zero attached hydrogens (tertiary/aromatic N) is 3. The van der Waals surface area contributed by atoms with E-state index in [0.29, 0.717) is 16.8 Å². The Bertz CT molecular complexity index is 2870. The molecule has 0 saturated heterocycles. The van der Waals surface area contributed by atoms with Crippen LogP contribution in [-0.4, -0.2) is 15.0 Å². The van der Waals surface area contributed by atoms with E-state index in [-0.39, 0.29) is 36.5 Å². The first kappa shape index (κ1) is 35.7. The molecule has 0 fully saturated rings. The van der Waals surface area contributed by atoms with Crippen molar-refractivity contribution in [2.45, 2.75) is 100 Å². The van der Waals surface area contributed by atoms with Crippen LogP contribution in [0.4, 0.5) is 0 Å². The molecule has 4 aromatic carbocycles. The topological polar surface area (TPSA) is 51.8 Å². The Labute approximate surface area is 363 Å². The molecule has 0 amide bonds. The van der Waals surface area contributed by atoms with Gasteiger partial charge < -0.3 is 14.4 Å². The fraction of sp³-hybridized carbons (Fsp3) is 0.314. The molecule has 0 unspecified atom stereocenters. The molecule has 8 aromatic rings. The molecule has 4 heterocycles. The second-order valence-corrected chi connectivity index (χ2v) is 18.7. The first-order chi connectivity index (χ1) is 28.4. The van der Waals surface area contributed by atoms with Crippen LogP contribution < -0.4 is 0 Å². The van der Waals surface area contributed by atoms with Gasteiger partial charge in [0.1, 0.15) is 11.1 Å². The molecular formula is C51H53IrN3OS-2. The van der Waals surface area contributed by atoms with E-state index in [4.69, 9.17) is 21.2 Å². The summed E-state index contributed by atoms with van der Waals surface area (Å²) in [6, 6.07) is 31.6. The quantitative estimate of drug-likeness (QED) is 0.165. The van der Waals surface area contributed by atoms with Crippen molar-refractivity contribution in [2.75, 3.05) is 0 Å². The van der Waals surface area contributed by atoms with Crippen LogP contribution in [0.2, 0.25) is 0 Å². The number of aromatic nitrogens is 3. The van der Waals surface area contributed by atoms with E-state index in [2.05, 4.69) is 115 Å². The Morgan fingerprint density at radius 2 is 1.49 bits per heavy atom. The van der Waals surface area contributed by atoms with Crippen LogP contribution in [0.5, 0.6) is 0 Å². The molecule has 0 N–H and O–H groups in total. The van der Waals surface area contributed by atoms with E-state index in [1.165, 1.54) is 40.1 Å². The predicted octanol–water partition coefficient (Wildman–Crippen LogP) is 14.4. The van der Waals surface area contributed by atoms with Gasteiger partial charge in [-0.1, -0.05) is 123 Å². The number of rotatable bonds is 4. The number of aryl methyl sites for hydroxylation is 3. The number of thiazole rings is 1. The summed E-state index contributed by atoms with van der Waals surface area (Å²) in [5.41, 5.74) is 12.1. The average molecular weight is 953 g/mol. The molecule has 0 aliphatic rings. The zero-order chi connectivity index (χ0) is 44.4. The van der Waals surface area contributed by atoms with E-state index in [0.717, 1.165) is 48.4 Å². The van der Waals surface area contributed by atoms with Crippen molar-refractivity contribution < 1.29 is 31.4 Å². The second-order valence-electron chi connectivity index (χ2n) is 17.7. The van der Waals surface area contributed by atoms with Gasteiger partial charge in [-0.05, 0) is 76.3 Å². The van der Waals surface area contributed by atoms with E-state index >= 15 is 0 Å². The van der Waals surface area contributed by atoms with Gasteiger partial charge in [0.05, 0.1) is 15.3 Å². The SMILES string of the molecule is Cc1cccc(C)c1-c1cnc(-c2[c-]ccc3c2oc2c3ccc3sc(C(C)(C)C)nc32)cc1C(C)(C)C.[2H]C([2H])([2H])c1c[c-]c(-c2ccc(C([2H])([2H])C(C)(C)C)cn2)cc1.[Ir]. The third kappa shape index (κ3) is 8.99. The summed E-state index contributed by atoms with van der Waals surface area (Å²) < 4.78 is 46.4. The number of benzene rings is 4. The summed E-state index contributed by atoms with van der Waals surface area (Å²) >= 11 is 1.74. The molecule has 0 aliphatic heterocycles. The number of hydrogen-bond acceptors (Lipinski definition) is 5. The number of furan rings is 1. The minimum atomic E-state index is -2.14. The summed E-state index contributed by atoms with van der Waals surface area (Å²) in [5, 5.41) is 3.27. The Balaban J connectivity index is 0.000000230. The van der Waals surface area contributed by atoms with Crippen LogP contribution in [0.25, 0.3) is 65.8 Å². The Hall–Kier alpha value is -4.48. The van der Waals surface area contributed by atoms with E-state index in [9.17, 15) is 0 Å². The molecule has 0 spiro atoms. The minimum absolute atomic E-state index is 0. The van der Waals surface area contributed by atoms with Crippen molar-refractivity contribution in [3.63, 3.8) is 0 Å². The molecular weight excluding hydrogens is 895 g/mol. The molecule has 4 nitrogen and oxygen atoms in total. The van der Waals surface area contributed by atoms with Crippen LogP contribution in [0.3, 0.4) is 0 Å². The maximum Gasteiger partial charge on any atom is 0.148 e. The molecule has 8 rings (SSSR count). The van der Waals surface area contributed by atoms with Gasteiger partial charge in [0.15, 0.2) is 0 Å². The summed E-state index contributed by atoms with van der Waals surface area (Å²) in [5.74, 6) is 0. The molecule has 0 saturated carbocycles. The first-order valence-electron chi connectivity index (χ1n) is 21.6. The van der Waals surface area contributed by atoms with Crippen molar-refractivity contribution in [3.05, 3.63) is 136 Å². The number of fused-ring (bicyclic) bond motifs is 5. The molecule has 4 aromatic heterocycles. The fourth-order valence-corrected chi connectivity index (χ4v) is 8.02. The van der Waals surface area contributed by atoms with E-state index < -0.39 is 18.6 Å². The molecule has 0 atom stereocenters. The zero-order valence-corrected chi connectivity index (χ0v) is 37.9. The molecule has 6 heteroatoms. The predicted molar refractivity (Wildman–Crippen MR) is 238 cm³/mol. The summed E-state index contributed by atoms with van der Waals surface area (Å²) in [4.78, 5) is 14.3. The summed E-state index contributed by atoms with van der Waals surface area (Å²) in [6.45, 7) is 21.2. The van der Waals surface area contributed by atoms with Crippen LogP contribution in [0, 0.1) is 38.2 Å². The van der Waals surface area contributed by atoms with Gasteiger partial charge in [0, 0.05) is 55.7 Å². The molecule has 1 radical (unpaired) electrons. The van der Waals surface area contributed by atoms with E-state index in [1.54, 1.807) is 35.6 Å². The molecule has 0 aliphatic carbocycles. The normalized spacial score (nSPS) is 13.9. The van der Waals surface area contributed by atoms with Crippen molar-refractivity contribution in [1.29, 1.82) is 0 Å². The van der Waals surface area contributed by atoms with Gasteiger partial charge in [0.25, 0.3) is 0 Å². The number of pyridine rings is 2. The second kappa shape index (κ2) is 16.0. The van der Waals surface area contributed by atoms with Crippen molar-refractivity contribution in [1.82, 2.24) is 15.0 Å². The van der Waals surface area contributed by atoms with Gasteiger partial charge in [-0.25, -0.2) is 4.98 Å². The van der Waals surface area contributed by atoms with Gasteiger partial charge in [-0.2, -0.15) is 0 Å². The van der Waals surface area contributed by atoms with E-state index in [1.807, 2.05) is 33.0 Å². The number of hydrogen-bond donors (Lipinski definition) is 0. The summed E-state index contributed by atoms with van der Waals surface area (Å²) in [7, 11) is 0. The first-order valence-corrected chi connectivity index (χ1v) is 19.9. The van der Waals surface area contributed by atoms with Crippen molar-refractivity contribution in [3.8, 4) is 33.6 Å². The third-order valence-electron chi connectivity index (χ3n) is 9.69. The smallest absolute Gasteiger partial charge is 0.148 e. The maximum absolute atomic E-state index is 8.25. The van der Waals surface area contributed by atoms with Crippen LogP contribution in [0.1, 0.15) is 102 Å². The fourth-order valence-electron chi connectivity index (χ4n) is 7.00. The summed E-state index contributed by atoms with van der Waals surface area (Å²) in [6.07, 6.45) is 2.08. The Morgan fingerprint density at radius 3 is 2.11 bits per heavy atom. The van der Waals surface area contributed by atoms with Crippen LogP contribution in [-0.2, 0) is 37.3 Å². The standard InChI is InChI=1S/C34H33N2OS.C17H20N.Ir/c1-19-11-9-12-20(2)28(19)24-18-35-26(17-25(24)33(3,4)5)23-14-10-13-21-22-15-16-27-29(31(22)37-30(21)23)36-32(38-27)34(6,7)8;1-13-5-8-15(9-6-13)16-10-7-14(12-18-16)11-17(2,3)4;/h9-13,15-18H,1-8H3;5-8,10,12H,11H2,1-4H3;/q2*-1;/i;1D3,11D2;. The van der Waals surface area contributed by atoms with Crippen LogP contribution >= 0.6 is 11.3 Å². The van der Waals surface area contributed by atoms with Crippen molar-refractivity contribution >= 4 is 43.5 Å². The largest absolute Gasteiger partial charge is 0.498 e. The average Bonchev–Trinajstić information content (AvgIpc) is 3.80. The van der Waals surface area contributed by atoms with Gasteiger partial charge in [0.2, 0.25) is 0 Å². The molecule has 295 valence electrons. The van der Waals surface area contributed by atoms with Crippen molar-refractivity contribution in [2.24, 2.45) is 5.41 Å². The zero-order valence-electron chi connectivity index (χ0n) is 39.7. The monoisotopic (exact) mass is 953 g/mol. The Kier molecular flexibility index (Phi) is 10.0. The molecule has 0 bridgehead atoms. The third-order valence-corrected chi connectivity index (χ3v) is 11.1. The maximum atomic E-state index is 8.25. The Morgan fingerprint density at radius 1 is 0.772 bits per heavy atom. The molecule has 57 heavy (non-hydrogen) atoms.